The summed E-state index contributed by atoms with van der Waals surface area (Å²) in [6.07, 6.45) is 0. The van der Waals surface area contributed by atoms with Gasteiger partial charge in [-0.1, -0.05) is 48.5 Å². The van der Waals surface area contributed by atoms with Crippen molar-refractivity contribution in [3.8, 4) is 11.8 Å². The van der Waals surface area contributed by atoms with Crippen LogP contribution in [0.5, 0.6) is 5.75 Å². The van der Waals surface area contributed by atoms with Crippen molar-refractivity contribution < 1.29 is 9.53 Å². The summed E-state index contributed by atoms with van der Waals surface area (Å²) in [5.74, 6) is -0.0457. The molecule has 1 atom stereocenters. The van der Waals surface area contributed by atoms with Gasteiger partial charge < -0.3 is 10.1 Å². The summed E-state index contributed by atoms with van der Waals surface area (Å²) < 4.78 is 5.14. The topological polar surface area (TPSA) is 62.1 Å². The normalized spacial score (nSPS) is 11.2. The van der Waals surface area contributed by atoms with Crippen LogP contribution in [-0.2, 0) is 4.79 Å². The van der Waals surface area contributed by atoms with Crippen molar-refractivity contribution in [3.63, 3.8) is 0 Å². The summed E-state index contributed by atoms with van der Waals surface area (Å²) in [5, 5.41) is 12.4. The SMILES string of the molecule is COc1ccc(NC(=O)C(c2ccccc2)c2ccccc2C#N)cc1. The third-order valence-corrected chi connectivity index (χ3v) is 4.14. The van der Waals surface area contributed by atoms with Gasteiger partial charge in [0.1, 0.15) is 5.75 Å². The van der Waals surface area contributed by atoms with Crippen LogP contribution < -0.4 is 10.1 Å². The molecule has 0 aliphatic carbocycles. The predicted octanol–water partition coefficient (Wildman–Crippen LogP) is 4.34. The molecular weight excluding hydrogens is 324 g/mol. The van der Waals surface area contributed by atoms with Crippen molar-refractivity contribution in [2.45, 2.75) is 5.92 Å². The molecule has 3 aromatic carbocycles. The lowest BCUT2D eigenvalue weighted by Crippen LogP contribution is -2.23. The third-order valence-electron chi connectivity index (χ3n) is 4.14. The predicted molar refractivity (Wildman–Crippen MR) is 101 cm³/mol. The number of nitrogens with one attached hydrogen (secondary N) is 1. The number of hydrogen-bond donors (Lipinski definition) is 1. The van der Waals surface area contributed by atoms with Crippen molar-refractivity contribution in [2.24, 2.45) is 0 Å². The molecule has 4 nitrogen and oxygen atoms in total. The molecule has 128 valence electrons. The fraction of sp³-hybridized carbons (Fsp3) is 0.0909. The van der Waals surface area contributed by atoms with Gasteiger partial charge in [0.2, 0.25) is 5.91 Å². The van der Waals surface area contributed by atoms with E-state index < -0.39 is 5.92 Å². The van der Waals surface area contributed by atoms with E-state index in [1.165, 1.54) is 0 Å². The molecule has 3 aromatic rings. The highest BCUT2D eigenvalue weighted by molar-refractivity contribution is 5.98. The number of benzene rings is 3. The maximum absolute atomic E-state index is 13.1. The van der Waals surface area contributed by atoms with E-state index >= 15 is 0 Å². The molecule has 0 spiro atoms. The highest BCUT2D eigenvalue weighted by Crippen LogP contribution is 2.29. The summed E-state index contributed by atoms with van der Waals surface area (Å²) in [5.41, 5.74) is 2.69. The van der Waals surface area contributed by atoms with E-state index in [1.54, 1.807) is 43.5 Å². The number of ether oxygens (including phenoxy) is 1. The first-order chi connectivity index (χ1) is 12.7. The first kappa shape index (κ1) is 17.2. The second-order valence-corrected chi connectivity index (χ2v) is 5.76. The van der Waals surface area contributed by atoms with Crippen molar-refractivity contribution in [3.05, 3.63) is 95.6 Å². The van der Waals surface area contributed by atoms with Crippen molar-refractivity contribution in [1.82, 2.24) is 0 Å². The molecule has 4 heteroatoms. The Hall–Kier alpha value is -3.58. The minimum atomic E-state index is -0.575. The van der Waals surface area contributed by atoms with Crippen LogP contribution in [0.15, 0.2) is 78.9 Å². The van der Waals surface area contributed by atoms with Gasteiger partial charge in [-0.15, -0.1) is 0 Å². The van der Waals surface area contributed by atoms with Gasteiger partial charge in [0.05, 0.1) is 24.7 Å². The summed E-state index contributed by atoms with van der Waals surface area (Å²) in [7, 11) is 1.60. The average molecular weight is 342 g/mol. The summed E-state index contributed by atoms with van der Waals surface area (Å²) in [6.45, 7) is 0. The molecule has 0 fully saturated rings. The number of amides is 1. The number of carbonyl (C=O) groups is 1. The minimum Gasteiger partial charge on any atom is -0.497 e. The Labute approximate surface area is 152 Å². The monoisotopic (exact) mass is 342 g/mol. The minimum absolute atomic E-state index is 0.191. The highest BCUT2D eigenvalue weighted by Gasteiger charge is 2.25. The molecule has 0 aliphatic heterocycles. The second kappa shape index (κ2) is 8.00. The first-order valence-electron chi connectivity index (χ1n) is 8.22. The molecule has 26 heavy (non-hydrogen) atoms. The molecule has 0 heterocycles. The van der Waals surface area contributed by atoms with E-state index in [9.17, 15) is 10.1 Å². The highest BCUT2D eigenvalue weighted by atomic mass is 16.5. The van der Waals surface area contributed by atoms with Crippen LogP contribution in [0.4, 0.5) is 5.69 Å². The Morgan fingerprint density at radius 3 is 2.27 bits per heavy atom. The number of nitrogens with zero attached hydrogens (tertiary/aromatic N) is 1. The lowest BCUT2D eigenvalue weighted by molar-refractivity contribution is -0.116. The molecule has 1 N–H and O–H groups in total. The van der Waals surface area contributed by atoms with Crippen LogP contribution in [0.2, 0.25) is 0 Å². The van der Waals surface area contributed by atoms with Crippen LogP contribution in [0.25, 0.3) is 0 Å². The molecular formula is C22H18N2O2. The zero-order valence-corrected chi connectivity index (χ0v) is 14.3. The smallest absolute Gasteiger partial charge is 0.236 e. The molecule has 0 aliphatic rings. The standard InChI is InChI=1S/C22H18N2O2/c1-26-19-13-11-18(12-14-19)24-22(25)21(16-7-3-2-4-8-16)20-10-6-5-9-17(20)15-23/h2-14,21H,1H3,(H,24,25). The van der Waals surface area contributed by atoms with E-state index in [1.807, 2.05) is 42.5 Å². The molecule has 0 radical (unpaired) electrons. The zero-order chi connectivity index (χ0) is 18.4. The van der Waals surface area contributed by atoms with Gasteiger partial charge in [-0.2, -0.15) is 5.26 Å². The molecule has 0 saturated carbocycles. The molecule has 0 saturated heterocycles. The lowest BCUT2D eigenvalue weighted by Gasteiger charge is -2.19. The van der Waals surface area contributed by atoms with Gasteiger partial charge >= 0.3 is 0 Å². The quantitative estimate of drug-likeness (QED) is 0.750. The molecule has 1 amide bonds. The summed E-state index contributed by atoms with van der Waals surface area (Å²) in [6, 6.07) is 26.0. The van der Waals surface area contributed by atoms with Crippen LogP contribution in [-0.4, -0.2) is 13.0 Å². The average Bonchev–Trinajstić information content (AvgIpc) is 2.70. The van der Waals surface area contributed by atoms with Gasteiger partial charge in [-0.25, -0.2) is 0 Å². The van der Waals surface area contributed by atoms with E-state index in [-0.39, 0.29) is 5.91 Å². The van der Waals surface area contributed by atoms with Crippen LogP contribution in [0.1, 0.15) is 22.6 Å². The number of anilines is 1. The van der Waals surface area contributed by atoms with Crippen LogP contribution in [0, 0.1) is 11.3 Å². The second-order valence-electron chi connectivity index (χ2n) is 5.76. The first-order valence-corrected chi connectivity index (χ1v) is 8.22. The van der Waals surface area contributed by atoms with Crippen LogP contribution in [0.3, 0.4) is 0 Å². The number of hydrogen-bond acceptors (Lipinski definition) is 3. The summed E-state index contributed by atoms with van der Waals surface area (Å²) in [4.78, 5) is 13.1. The Bertz CT molecular complexity index is 928. The molecule has 0 aromatic heterocycles. The van der Waals surface area contributed by atoms with Gasteiger partial charge in [0, 0.05) is 5.69 Å². The lowest BCUT2D eigenvalue weighted by atomic mass is 9.87. The fourth-order valence-electron chi connectivity index (χ4n) is 2.86. The third kappa shape index (κ3) is 3.73. The molecule has 0 bridgehead atoms. The Morgan fingerprint density at radius 2 is 1.62 bits per heavy atom. The molecule has 3 rings (SSSR count). The number of carbonyl (C=O) groups excluding carboxylic acids is 1. The largest absolute Gasteiger partial charge is 0.497 e. The number of nitriles is 1. The van der Waals surface area contributed by atoms with Gasteiger partial charge in [-0.05, 0) is 41.5 Å². The Morgan fingerprint density at radius 1 is 0.962 bits per heavy atom. The number of methoxy groups -OCH3 is 1. The van der Waals surface area contributed by atoms with Gasteiger partial charge in [0.15, 0.2) is 0 Å². The van der Waals surface area contributed by atoms with Crippen molar-refractivity contribution >= 4 is 11.6 Å². The van der Waals surface area contributed by atoms with Crippen molar-refractivity contribution in [2.75, 3.05) is 12.4 Å². The van der Waals surface area contributed by atoms with E-state index in [2.05, 4.69) is 11.4 Å². The van der Waals surface area contributed by atoms with E-state index in [0.717, 1.165) is 11.3 Å². The maximum atomic E-state index is 13.1. The molecule has 1 unspecified atom stereocenters. The van der Waals surface area contributed by atoms with Crippen LogP contribution >= 0.6 is 0 Å². The van der Waals surface area contributed by atoms with Gasteiger partial charge in [0.25, 0.3) is 0 Å². The fourth-order valence-corrected chi connectivity index (χ4v) is 2.86. The van der Waals surface area contributed by atoms with Crippen molar-refractivity contribution in [1.29, 1.82) is 5.26 Å². The maximum Gasteiger partial charge on any atom is 0.236 e. The van der Waals surface area contributed by atoms with E-state index in [0.29, 0.717) is 16.8 Å². The number of rotatable bonds is 5. The van der Waals surface area contributed by atoms with Gasteiger partial charge in [-0.3, -0.25) is 4.79 Å². The zero-order valence-electron chi connectivity index (χ0n) is 14.3. The summed E-state index contributed by atoms with van der Waals surface area (Å²) >= 11 is 0. The van der Waals surface area contributed by atoms with E-state index in [4.69, 9.17) is 4.74 Å². The Balaban J connectivity index is 1.97. The Kier molecular flexibility index (Phi) is 5.31.